The van der Waals surface area contributed by atoms with E-state index in [9.17, 15) is 14.7 Å². The Morgan fingerprint density at radius 2 is 2.00 bits per heavy atom. The van der Waals surface area contributed by atoms with E-state index in [1.165, 1.54) is 0 Å². The van der Waals surface area contributed by atoms with E-state index in [4.69, 9.17) is 0 Å². The third kappa shape index (κ3) is 1.16. The largest absolute Gasteiger partial charge is 0.381 e. The molecule has 2 rings (SSSR count). The fourth-order valence-electron chi connectivity index (χ4n) is 3.13. The van der Waals surface area contributed by atoms with Gasteiger partial charge in [0.2, 0.25) is 0 Å². The van der Waals surface area contributed by atoms with E-state index in [0.717, 1.165) is 0 Å². The van der Waals surface area contributed by atoms with Crippen LogP contribution in [0, 0.1) is 5.41 Å². The molecule has 15 heavy (non-hydrogen) atoms. The van der Waals surface area contributed by atoms with E-state index in [-0.39, 0.29) is 11.6 Å². The monoisotopic (exact) mass is 208 g/mol. The summed E-state index contributed by atoms with van der Waals surface area (Å²) >= 11 is 0. The highest BCUT2D eigenvalue weighted by atomic mass is 16.3. The van der Waals surface area contributed by atoms with Gasteiger partial charge in [-0.25, -0.2) is 0 Å². The van der Waals surface area contributed by atoms with Crippen molar-refractivity contribution in [2.45, 2.75) is 44.1 Å². The lowest BCUT2D eigenvalue weighted by Gasteiger charge is -2.42. The zero-order chi connectivity index (χ0) is 11.1. The summed E-state index contributed by atoms with van der Waals surface area (Å²) in [6, 6.07) is 0. The van der Waals surface area contributed by atoms with E-state index in [1.54, 1.807) is 6.08 Å². The second-order valence-electron chi connectivity index (χ2n) is 4.64. The van der Waals surface area contributed by atoms with Crippen LogP contribution in [0.5, 0.6) is 0 Å². The van der Waals surface area contributed by atoms with Crippen molar-refractivity contribution >= 4 is 11.6 Å². The SMILES string of the molecule is C=CC[C@]12CCC(=O)[C@@]1(O)CCCC2=O. The number of carbonyl (C=O) groups excluding carboxylic acids is 2. The van der Waals surface area contributed by atoms with Crippen LogP contribution in [0.1, 0.15) is 38.5 Å². The average molecular weight is 208 g/mol. The molecule has 82 valence electrons. The lowest BCUT2D eigenvalue weighted by atomic mass is 9.62. The van der Waals surface area contributed by atoms with Gasteiger partial charge in [-0.05, 0) is 25.7 Å². The molecular formula is C12H16O3. The molecule has 0 radical (unpaired) electrons. The highest BCUT2D eigenvalue weighted by Crippen LogP contribution is 2.53. The van der Waals surface area contributed by atoms with E-state index >= 15 is 0 Å². The highest BCUT2D eigenvalue weighted by molar-refractivity contribution is 6.01. The molecule has 0 aliphatic heterocycles. The maximum atomic E-state index is 12.0. The number of hydrogen-bond acceptors (Lipinski definition) is 3. The zero-order valence-corrected chi connectivity index (χ0v) is 8.79. The molecule has 2 aliphatic rings. The van der Waals surface area contributed by atoms with Crippen molar-refractivity contribution in [3.8, 4) is 0 Å². The Hall–Kier alpha value is -0.960. The van der Waals surface area contributed by atoms with Gasteiger partial charge < -0.3 is 5.11 Å². The molecule has 0 amide bonds. The smallest absolute Gasteiger partial charge is 0.165 e. The van der Waals surface area contributed by atoms with Gasteiger partial charge in [-0.15, -0.1) is 6.58 Å². The van der Waals surface area contributed by atoms with Crippen molar-refractivity contribution in [3.05, 3.63) is 12.7 Å². The summed E-state index contributed by atoms with van der Waals surface area (Å²) in [5.74, 6) is -0.112. The summed E-state index contributed by atoms with van der Waals surface area (Å²) in [5, 5.41) is 10.4. The van der Waals surface area contributed by atoms with Gasteiger partial charge in [0.05, 0.1) is 5.41 Å². The van der Waals surface area contributed by atoms with Gasteiger partial charge in [0.1, 0.15) is 11.4 Å². The molecule has 2 aliphatic carbocycles. The Bertz CT molecular complexity index is 334. The van der Waals surface area contributed by atoms with Gasteiger partial charge in [-0.3, -0.25) is 9.59 Å². The minimum atomic E-state index is -1.39. The molecule has 0 aromatic rings. The number of rotatable bonds is 2. The van der Waals surface area contributed by atoms with E-state index in [0.29, 0.717) is 38.5 Å². The van der Waals surface area contributed by atoms with Crippen LogP contribution in [0.2, 0.25) is 0 Å². The third-order valence-electron chi connectivity index (χ3n) is 4.00. The van der Waals surface area contributed by atoms with Crippen molar-refractivity contribution in [1.82, 2.24) is 0 Å². The van der Waals surface area contributed by atoms with Crippen molar-refractivity contribution in [3.63, 3.8) is 0 Å². The lowest BCUT2D eigenvalue weighted by Crippen LogP contribution is -2.55. The summed E-state index contributed by atoms with van der Waals surface area (Å²) in [6.45, 7) is 3.63. The topological polar surface area (TPSA) is 54.4 Å². The number of fused-ring (bicyclic) bond motifs is 1. The van der Waals surface area contributed by atoms with Crippen LogP contribution in [0.25, 0.3) is 0 Å². The minimum Gasteiger partial charge on any atom is -0.381 e. The van der Waals surface area contributed by atoms with Gasteiger partial charge in [0.15, 0.2) is 5.78 Å². The van der Waals surface area contributed by atoms with Gasteiger partial charge in [-0.1, -0.05) is 6.08 Å². The molecule has 3 nitrogen and oxygen atoms in total. The first-order valence-corrected chi connectivity index (χ1v) is 5.47. The minimum absolute atomic E-state index is 0.0435. The standard InChI is InChI=1S/C12H16O3/c1-2-6-11-8-5-10(14)12(11,15)7-3-4-9(11)13/h2,15H,1,3-8H2/t11-,12+/m1/s1. The predicted molar refractivity (Wildman–Crippen MR) is 55.3 cm³/mol. The van der Waals surface area contributed by atoms with Crippen LogP contribution in [-0.2, 0) is 9.59 Å². The first-order valence-electron chi connectivity index (χ1n) is 5.47. The Morgan fingerprint density at radius 1 is 1.27 bits per heavy atom. The van der Waals surface area contributed by atoms with E-state index < -0.39 is 11.0 Å². The van der Waals surface area contributed by atoms with E-state index in [2.05, 4.69) is 6.58 Å². The summed E-state index contributed by atoms with van der Waals surface area (Å²) in [7, 11) is 0. The number of Topliss-reactive ketones (excluding diaryl/α,β-unsaturated/α-hetero) is 2. The van der Waals surface area contributed by atoms with Gasteiger partial charge >= 0.3 is 0 Å². The normalized spacial score (nSPS) is 40.3. The third-order valence-corrected chi connectivity index (χ3v) is 4.00. The summed E-state index contributed by atoms with van der Waals surface area (Å²) in [5.41, 5.74) is -2.24. The van der Waals surface area contributed by atoms with Crippen LogP contribution in [0.3, 0.4) is 0 Å². The lowest BCUT2D eigenvalue weighted by molar-refractivity contribution is -0.161. The molecule has 0 aromatic heterocycles. The Balaban J connectivity index is 2.47. The molecule has 3 heteroatoms. The highest BCUT2D eigenvalue weighted by Gasteiger charge is 2.63. The van der Waals surface area contributed by atoms with Crippen molar-refractivity contribution in [2.24, 2.45) is 5.41 Å². The number of ketones is 2. The molecule has 0 unspecified atom stereocenters. The average Bonchev–Trinajstić information content (AvgIpc) is 2.45. The molecule has 0 saturated heterocycles. The number of hydrogen-bond donors (Lipinski definition) is 1. The zero-order valence-electron chi connectivity index (χ0n) is 8.79. The summed E-state index contributed by atoms with van der Waals surface area (Å²) < 4.78 is 0. The van der Waals surface area contributed by atoms with Crippen molar-refractivity contribution in [2.75, 3.05) is 0 Å². The van der Waals surface area contributed by atoms with E-state index in [1.807, 2.05) is 0 Å². The fraction of sp³-hybridized carbons (Fsp3) is 0.667. The number of carbonyl (C=O) groups is 2. The fourth-order valence-corrected chi connectivity index (χ4v) is 3.13. The first kappa shape index (κ1) is 10.6. The first-order chi connectivity index (χ1) is 7.07. The van der Waals surface area contributed by atoms with Crippen molar-refractivity contribution in [1.29, 1.82) is 0 Å². The summed E-state index contributed by atoms with van der Waals surface area (Å²) in [6.07, 6.45) is 4.44. The van der Waals surface area contributed by atoms with Crippen LogP contribution in [0.4, 0.5) is 0 Å². The Kier molecular flexibility index (Phi) is 2.30. The maximum absolute atomic E-state index is 12.0. The van der Waals surface area contributed by atoms with Gasteiger partial charge in [0, 0.05) is 12.8 Å². The van der Waals surface area contributed by atoms with Crippen LogP contribution >= 0.6 is 0 Å². The molecule has 0 spiro atoms. The van der Waals surface area contributed by atoms with Crippen LogP contribution in [0.15, 0.2) is 12.7 Å². The number of aliphatic hydroxyl groups is 1. The van der Waals surface area contributed by atoms with Gasteiger partial charge in [-0.2, -0.15) is 0 Å². The summed E-state index contributed by atoms with van der Waals surface area (Å²) in [4.78, 5) is 23.7. The molecule has 0 bridgehead atoms. The molecule has 2 fully saturated rings. The molecule has 2 atom stereocenters. The number of allylic oxidation sites excluding steroid dienone is 1. The van der Waals surface area contributed by atoms with Crippen LogP contribution < -0.4 is 0 Å². The molecule has 1 N–H and O–H groups in total. The molecule has 0 heterocycles. The molecular weight excluding hydrogens is 192 g/mol. The molecule has 2 saturated carbocycles. The van der Waals surface area contributed by atoms with Crippen molar-refractivity contribution < 1.29 is 14.7 Å². The second kappa shape index (κ2) is 3.27. The maximum Gasteiger partial charge on any atom is 0.165 e. The second-order valence-corrected chi connectivity index (χ2v) is 4.64. The quantitative estimate of drug-likeness (QED) is 0.698. The Labute approximate surface area is 89.2 Å². The van der Waals surface area contributed by atoms with Gasteiger partial charge in [0.25, 0.3) is 0 Å². The Morgan fingerprint density at radius 3 is 2.67 bits per heavy atom. The molecule has 0 aromatic carbocycles. The predicted octanol–water partition coefficient (Wildman–Crippen LogP) is 1.40. The van der Waals surface area contributed by atoms with Crippen LogP contribution in [-0.4, -0.2) is 22.3 Å².